The zero-order chi connectivity index (χ0) is 16.1. The molecule has 0 aliphatic carbocycles. The molecule has 6 heteroatoms. The van der Waals surface area contributed by atoms with Crippen molar-refractivity contribution in [2.45, 2.75) is 19.3 Å². The molecule has 124 valence electrons. The van der Waals surface area contributed by atoms with Crippen LogP contribution in [0.2, 0.25) is 0 Å². The molecule has 1 aliphatic rings. The van der Waals surface area contributed by atoms with Crippen LogP contribution < -0.4 is 0 Å². The number of hydrogen-bond donors (Lipinski definition) is 0. The van der Waals surface area contributed by atoms with Crippen LogP contribution in [-0.4, -0.2) is 63.0 Å². The van der Waals surface area contributed by atoms with Gasteiger partial charge in [0.2, 0.25) is 0 Å². The lowest BCUT2D eigenvalue weighted by Crippen LogP contribution is -2.49. The number of nitrogens with zero attached hydrogens (tertiary/aromatic N) is 2. The maximum absolute atomic E-state index is 13.9. The molecule has 0 unspecified atom stereocenters. The van der Waals surface area contributed by atoms with Crippen LogP contribution in [0.15, 0.2) is 18.2 Å². The van der Waals surface area contributed by atoms with Crippen molar-refractivity contribution < 1.29 is 18.3 Å². The molecule has 22 heavy (non-hydrogen) atoms. The Morgan fingerprint density at radius 3 is 2.27 bits per heavy atom. The Morgan fingerprint density at radius 1 is 1.09 bits per heavy atom. The summed E-state index contributed by atoms with van der Waals surface area (Å²) >= 11 is 0. The minimum Gasteiger partial charge on any atom is -0.355 e. The van der Waals surface area contributed by atoms with Crippen molar-refractivity contribution in [3.8, 4) is 0 Å². The van der Waals surface area contributed by atoms with E-state index in [4.69, 9.17) is 9.47 Å². The van der Waals surface area contributed by atoms with Crippen molar-refractivity contribution in [3.63, 3.8) is 0 Å². The maximum Gasteiger partial charge on any atom is 0.169 e. The van der Waals surface area contributed by atoms with E-state index in [1.165, 1.54) is 12.1 Å². The Kier molecular flexibility index (Phi) is 6.26. The highest BCUT2D eigenvalue weighted by Gasteiger charge is 2.25. The molecule has 0 spiro atoms. The van der Waals surface area contributed by atoms with Crippen LogP contribution in [0.3, 0.4) is 0 Å². The highest BCUT2D eigenvalue weighted by atomic mass is 19.1. The van der Waals surface area contributed by atoms with Crippen molar-refractivity contribution in [1.29, 1.82) is 0 Å². The SMILES string of the molecule is COC(CN1CCN([C@@H](C)c2ccc(F)cc2F)CC1)OC. The molecule has 1 aliphatic heterocycles. The number of piperazine rings is 1. The van der Waals surface area contributed by atoms with E-state index in [0.29, 0.717) is 5.56 Å². The summed E-state index contributed by atoms with van der Waals surface area (Å²) in [6, 6.07) is 3.73. The van der Waals surface area contributed by atoms with Gasteiger partial charge in [0.25, 0.3) is 0 Å². The molecule has 4 nitrogen and oxygen atoms in total. The van der Waals surface area contributed by atoms with Crippen LogP contribution in [-0.2, 0) is 9.47 Å². The van der Waals surface area contributed by atoms with Crippen LogP contribution in [0, 0.1) is 11.6 Å². The quantitative estimate of drug-likeness (QED) is 0.752. The molecule has 1 heterocycles. The van der Waals surface area contributed by atoms with E-state index in [1.807, 2.05) is 6.92 Å². The predicted molar refractivity (Wildman–Crippen MR) is 80.6 cm³/mol. The lowest BCUT2D eigenvalue weighted by Gasteiger charge is -2.39. The summed E-state index contributed by atoms with van der Waals surface area (Å²) in [5, 5.41) is 0. The monoisotopic (exact) mass is 314 g/mol. The number of rotatable bonds is 6. The Morgan fingerprint density at radius 2 is 1.73 bits per heavy atom. The zero-order valence-electron chi connectivity index (χ0n) is 13.4. The van der Waals surface area contributed by atoms with Gasteiger partial charge in [-0.15, -0.1) is 0 Å². The second-order valence-electron chi connectivity index (χ2n) is 5.58. The first-order valence-corrected chi connectivity index (χ1v) is 7.52. The summed E-state index contributed by atoms with van der Waals surface area (Å²) in [5.74, 6) is -1.02. The summed E-state index contributed by atoms with van der Waals surface area (Å²) in [6.45, 7) is 6.09. The lowest BCUT2D eigenvalue weighted by atomic mass is 10.1. The molecule has 1 saturated heterocycles. The van der Waals surface area contributed by atoms with Crippen LogP contribution in [0.5, 0.6) is 0 Å². The summed E-state index contributed by atoms with van der Waals surface area (Å²) in [4.78, 5) is 4.48. The van der Waals surface area contributed by atoms with Gasteiger partial charge in [-0.2, -0.15) is 0 Å². The van der Waals surface area contributed by atoms with Gasteiger partial charge < -0.3 is 9.47 Å². The van der Waals surface area contributed by atoms with E-state index in [1.54, 1.807) is 14.2 Å². The van der Waals surface area contributed by atoms with Crippen molar-refractivity contribution in [2.24, 2.45) is 0 Å². The standard InChI is InChI=1S/C16H24F2N2O2/c1-12(14-5-4-13(17)10-15(14)18)20-8-6-19(7-9-20)11-16(21-2)22-3/h4-5,10,12,16H,6-9,11H2,1-3H3/t12-/m0/s1. The molecule has 0 radical (unpaired) electrons. The van der Waals surface area contributed by atoms with Crippen LogP contribution >= 0.6 is 0 Å². The average Bonchev–Trinajstić information content (AvgIpc) is 2.52. The Bertz CT molecular complexity index is 475. The fraction of sp³-hybridized carbons (Fsp3) is 0.625. The minimum atomic E-state index is -0.538. The first-order chi connectivity index (χ1) is 10.5. The number of benzene rings is 1. The number of ether oxygens (including phenoxy) is 2. The molecule has 0 N–H and O–H groups in total. The Hall–Kier alpha value is -1.08. The average molecular weight is 314 g/mol. The molecule has 2 rings (SSSR count). The molecular weight excluding hydrogens is 290 g/mol. The zero-order valence-corrected chi connectivity index (χ0v) is 13.4. The Labute approximate surface area is 130 Å². The third-order valence-electron chi connectivity index (χ3n) is 4.30. The molecule has 1 atom stereocenters. The molecule has 0 aromatic heterocycles. The third-order valence-corrected chi connectivity index (χ3v) is 4.30. The number of methoxy groups -OCH3 is 2. The summed E-state index contributed by atoms with van der Waals surface area (Å²) < 4.78 is 37.3. The van der Waals surface area contributed by atoms with Crippen molar-refractivity contribution in [3.05, 3.63) is 35.4 Å². The topological polar surface area (TPSA) is 24.9 Å². The highest BCUT2D eigenvalue weighted by molar-refractivity contribution is 5.21. The van der Waals surface area contributed by atoms with Crippen LogP contribution in [0.4, 0.5) is 8.78 Å². The van der Waals surface area contributed by atoms with Crippen LogP contribution in [0.1, 0.15) is 18.5 Å². The molecule has 1 aromatic carbocycles. The third kappa shape index (κ3) is 4.23. The van der Waals surface area contributed by atoms with E-state index in [9.17, 15) is 8.78 Å². The number of halogens is 2. The van der Waals surface area contributed by atoms with Crippen molar-refractivity contribution in [1.82, 2.24) is 9.80 Å². The molecule has 1 fully saturated rings. The summed E-state index contributed by atoms with van der Waals surface area (Å²) in [5.41, 5.74) is 0.543. The fourth-order valence-electron chi connectivity index (χ4n) is 2.83. The summed E-state index contributed by atoms with van der Waals surface area (Å²) in [6.07, 6.45) is -0.224. The molecule has 0 amide bonds. The van der Waals surface area contributed by atoms with Gasteiger partial charge in [0.05, 0.1) is 0 Å². The van der Waals surface area contributed by atoms with E-state index in [-0.39, 0.29) is 12.3 Å². The van der Waals surface area contributed by atoms with E-state index >= 15 is 0 Å². The normalized spacial score (nSPS) is 18.8. The van der Waals surface area contributed by atoms with E-state index in [0.717, 1.165) is 38.8 Å². The van der Waals surface area contributed by atoms with E-state index in [2.05, 4.69) is 9.80 Å². The van der Waals surface area contributed by atoms with Gasteiger partial charge in [-0.05, 0) is 13.0 Å². The molecule has 1 aromatic rings. The predicted octanol–water partition coefficient (Wildman–Crippen LogP) is 2.26. The molecule has 0 bridgehead atoms. The molecular formula is C16H24F2N2O2. The number of hydrogen-bond acceptors (Lipinski definition) is 4. The lowest BCUT2D eigenvalue weighted by molar-refractivity contribution is -0.120. The van der Waals surface area contributed by atoms with Gasteiger partial charge in [0, 0.05) is 64.6 Å². The smallest absolute Gasteiger partial charge is 0.169 e. The first kappa shape index (κ1) is 17.3. The molecule has 0 saturated carbocycles. The second kappa shape index (κ2) is 7.97. The fourth-order valence-corrected chi connectivity index (χ4v) is 2.83. The van der Waals surface area contributed by atoms with Crippen molar-refractivity contribution >= 4 is 0 Å². The Balaban J connectivity index is 1.90. The highest BCUT2D eigenvalue weighted by Crippen LogP contribution is 2.24. The van der Waals surface area contributed by atoms with Crippen molar-refractivity contribution in [2.75, 3.05) is 46.9 Å². The van der Waals surface area contributed by atoms with Gasteiger partial charge in [0.1, 0.15) is 11.6 Å². The van der Waals surface area contributed by atoms with Gasteiger partial charge >= 0.3 is 0 Å². The largest absolute Gasteiger partial charge is 0.355 e. The van der Waals surface area contributed by atoms with Gasteiger partial charge in [-0.1, -0.05) is 6.07 Å². The van der Waals surface area contributed by atoms with Crippen LogP contribution in [0.25, 0.3) is 0 Å². The van der Waals surface area contributed by atoms with Gasteiger partial charge in [-0.25, -0.2) is 8.78 Å². The summed E-state index contributed by atoms with van der Waals surface area (Å²) in [7, 11) is 3.26. The first-order valence-electron chi connectivity index (χ1n) is 7.52. The van der Waals surface area contributed by atoms with E-state index < -0.39 is 11.6 Å². The maximum atomic E-state index is 13.9. The van der Waals surface area contributed by atoms with Gasteiger partial charge in [0.15, 0.2) is 6.29 Å². The second-order valence-corrected chi connectivity index (χ2v) is 5.58. The van der Waals surface area contributed by atoms with Gasteiger partial charge in [-0.3, -0.25) is 9.80 Å². The minimum absolute atomic E-state index is 0.0663.